The molecule has 2 aromatic rings. The van der Waals surface area contributed by atoms with Crippen molar-refractivity contribution in [3.63, 3.8) is 0 Å². The van der Waals surface area contributed by atoms with E-state index in [1.165, 1.54) is 13.2 Å². The first-order valence-electron chi connectivity index (χ1n) is 10.8. The topological polar surface area (TPSA) is 69.1 Å². The molecule has 31 heavy (non-hydrogen) atoms. The largest absolute Gasteiger partial charge is 0.490 e. The van der Waals surface area contributed by atoms with Crippen LogP contribution in [0.3, 0.4) is 0 Å². The molecule has 1 saturated heterocycles. The van der Waals surface area contributed by atoms with E-state index in [0.717, 1.165) is 29.9 Å². The van der Waals surface area contributed by atoms with Crippen molar-refractivity contribution >= 4 is 17.6 Å². The van der Waals surface area contributed by atoms with Gasteiger partial charge in [-0.25, -0.2) is 9.18 Å². The summed E-state index contributed by atoms with van der Waals surface area (Å²) in [5, 5.41) is 5.04. The van der Waals surface area contributed by atoms with E-state index in [1.807, 2.05) is 4.90 Å². The van der Waals surface area contributed by atoms with Crippen molar-refractivity contribution in [1.82, 2.24) is 14.7 Å². The highest BCUT2D eigenvalue weighted by atomic mass is 19.1. The summed E-state index contributed by atoms with van der Waals surface area (Å²) < 4.78 is 32.9. The molecule has 3 aliphatic heterocycles. The molecule has 1 fully saturated rings. The van der Waals surface area contributed by atoms with E-state index < -0.39 is 0 Å². The highest BCUT2D eigenvalue weighted by Crippen LogP contribution is 2.42. The van der Waals surface area contributed by atoms with E-state index in [2.05, 4.69) is 4.68 Å². The summed E-state index contributed by atoms with van der Waals surface area (Å²) in [5.74, 6) is 1.14. The van der Waals surface area contributed by atoms with Crippen molar-refractivity contribution < 1.29 is 23.4 Å². The van der Waals surface area contributed by atoms with Gasteiger partial charge in [-0.3, -0.25) is 4.68 Å². The van der Waals surface area contributed by atoms with Crippen molar-refractivity contribution in [2.45, 2.75) is 38.8 Å². The van der Waals surface area contributed by atoms with E-state index >= 15 is 0 Å². The number of aromatic nitrogens is 2. The lowest BCUT2D eigenvalue weighted by molar-refractivity contribution is 0.0649. The van der Waals surface area contributed by atoms with Gasteiger partial charge in [-0.1, -0.05) is 0 Å². The Morgan fingerprint density at radius 3 is 2.81 bits per heavy atom. The Balaban J connectivity index is 1.60. The molecule has 1 aromatic heterocycles. The Bertz CT molecular complexity index is 1000. The third-order valence-electron chi connectivity index (χ3n) is 6.39. The van der Waals surface area contributed by atoms with E-state index in [1.54, 1.807) is 17.9 Å². The summed E-state index contributed by atoms with van der Waals surface area (Å²) in [5.41, 5.74) is 3.36. The molecular weight excluding hydrogens is 403 g/mol. The molecule has 0 saturated carbocycles. The predicted molar refractivity (Wildman–Crippen MR) is 111 cm³/mol. The number of fused-ring (bicyclic) bond motifs is 2. The number of hydrogen-bond donors (Lipinski definition) is 0. The van der Waals surface area contributed by atoms with Gasteiger partial charge in [0.05, 0.1) is 31.9 Å². The van der Waals surface area contributed by atoms with Crippen LogP contribution in [0.15, 0.2) is 12.1 Å². The molecule has 5 rings (SSSR count). The molecular formula is C22H27FN4O4. The van der Waals surface area contributed by atoms with Crippen molar-refractivity contribution in [3.05, 3.63) is 34.8 Å². The molecule has 0 unspecified atom stereocenters. The third-order valence-corrected chi connectivity index (χ3v) is 6.39. The number of carbonyl (C=O) groups excluding carboxylic acids is 1. The van der Waals surface area contributed by atoms with Crippen molar-refractivity contribution in [3.8, 4) is 5.75 Å². The lowest BCUT2D eigenvalue weighted by atomic mass is 10.0. The SMILES string of the molecule is COC(=O)N1CCc2c(c(N3CCOc4cc(C)c(F)cc43)nn2C2CCOCC2)C1. The number of benzene rings is 1. The predicted octanol–water partition coefficient (Wildman–Crippen LogP) is 3.34. The lowest BCUT2D eigenvalue weighted by Crippen LogP contribution is -2.37. The first kappa shape index (κ1) is 20.1. The zero-order valence-corrected chi connectivity index (χ0v) is 17.9. The number of aryl methyl sites for hydroxylation is 1. The number of amides is 1. The number of hydrogen-bond acceptors (Lipinski definition) is 6. The van der Waals surface area contributed by atoms with Crippen LogP contribution in [0.25, 0.3) is 0 Å². The average molecular weight is 430 g/mol. The Labute approximate surface area is 180 Å². The molecule has 0 atom stereocenters. The van der Waals surface area contributed by atoms with E-state index in [4.69, 9.17) is 19.3 Å². The molecule has 4 heterocycles. The Morgan fingerprint density at radius 2 is 2.03 bits per heavy atom. The number of methoxy groups -OCH3 is 1. The van der Waals surface area contributed by atoms with Gasteiger partial charge in [-0.05, 0) is 31.4 Å². The number of rotatable bonds is 2. The molecule has 1 aromatic carbocycles. The maximum Gasteiger partial charge on any atom is 0.409 e. The third kappa shape index (κ3) is 3.50. The van der Waals surface area contributed by atoms with Gasteiger partial charge in [0.1, 0.15) is 18.2 Å². The molecule has 0 radical (unpaired) electrons. The zero-order valence-electron chi connectivity index (χ0n) is 17.9. The monoisotopic (exact) mass is 430 g/mol. The van der Waals surface area contributed by atoms with Crippen LogP contribution in [0.4, 0.5) is 20.7 Å². The van der Waals surface area contributed by atoms with Gasteiger partial charge in [0.25, 0.3) is 0 Å². The van der Waals surface area contributed by atoms with Crippen LogP contribution in [0.1, 0.15) is 35.7 Å². The van der Waals surface area contributed by atoms with Gasteiger partial charge in [-0.15, -0.1) is 0 Å². The molecule has 0 N–H and O–H groups in total. The number of ether oxygens (including phenoxy) is 3. The fraction of sp³-hybridized carbons (Fsp3) is 0.545. The summed E-state index contributed by atoms with van der Waals surface area (Å²) in [6.07, 6.45) is 2.16. The Morgan fingerprint density at radius 1 is 1.23 bits per heavy atom. The van der Waals surface area contributed by atoms with Gasteiger partial charge in [0.15, 0.2) is 5.82 Å². The first-order valence-corrected chi connectivity index (χ1v) is 10.8. The van der Waals surface area contributed by atoms with Gasteiger partial charge >= 0.3 is 6.09 Å². The molecule has 8 nitrogen and oxygen atoms in total. The maximum atomic E-state index is 14.5. The zero-order chi connectivity index (χ0) is 21.5. The van der Waals surface area contributed by atoms with Crippen LogP contribution in [0, 0.1) is 12.7 Å². The lowest BCUT2D eigenvalue weighted by Gasteiger charge is -2.32. The molecule has 0 bridgehead atoms. The minimum atomic E-state index is -0.348. The molecule has 0 aliphatic carbocycles. The molecule has 3 aliphatic rings. The normalized spacial score (nSPS) is 18.9. The van der Waals surface area contributed by atoms with Crippen molar-refractivity contribution in [2.75, 3.05) is 44.9 Å². The van der Waals surface area contributed by atoms with Crippen molar-refractivity contribution in [2.24, 2.45) is 0 Å². The van der Waals surface area contributed by atoms with Crippen LogP contribution in [-0.4, -0.2) is 60.8 Å². The van der Waals surface area contributed by atoms with Gasteiger partial charge in [0, 0.05) is 43.5 Å². The summed E-state index contributed by atoms with van der Waals surface area (Å²) in [6, 6.07) is 3.51. The fourth-order valence-corrected chi connectivity index (χ4v) is 4.72. The number of halogens is 1. The van der Waals surface area contributed by atoms with Gasteiger partial charge in [-0.2, -0.15) is 5.10 Å². The minimum absolute atomic E-state index is 0.260. The summed E-state index contributed by atoms with van der Waals surface area (Å²) in [7, 11) is 1.40. The Kier molecular flexibility index (Phi) is 5.21. The van der Waals surface area contributed by atoms with E-state index in [0.29, 0.717) is 62.9 Å². The molecule has 1 amide bonds. The second kappa shape index (κ2) is 8.03. The first-order chi connectivity index (χ1) is 15.1. The smallest absolute Gasteiger partial charge is 0.409 e. The second-order valence-electron chi connectivity index (χ2n) is 8.25. The van der Waals surface area contributed by atoms with E-state index in [-0.39, 0.29) is 18.0 Å². The second-order valence-corrected chi connectivity index (χ2v) is 8.25. The van der Waals surface area contributed by atoms with Gasteiger partial charge < -0.3 is 24.0 Å². The van der Waals surface area contributed by atoms with Crippen LogP contribution >= 0.6 is 0 Å². The number of anilines is 2. The highest BCUT2D eigenvalue weighted by molar-refractivity contribution is 5.73. The van der Waals surface area contributed by atoms with Crippen LogP contribution in [-0.2, 0) is 22.4 Å². The minimum Gasteiger partial charge on any atom is -0.490 e. The maximum absolute atomic E-state index is 14.5. The average Bonchev–Trinajstić information content (AvgIpc) is 3.18. The quantitative estimate of drug-likeness (QED) is 0.728. The summed E-state index contributed by atoms with van der Waals surface area (Å²) in [6.45, 7) is 5.21. The van der Waals surface area contributed by atoms with Crippen LogP contribution in [0.5, 0.6) is 5.75 Å². The highest BCUT2D eigenvalue weighted by Gasteiger charge is 2.34. The van der Waals surface area contributed by atoms with Crippen LogP contribution < -0.4 is 9.64 Å². The molecule has 9 heteroatoms. The molecule has 166 valence electrons. The van der Waals surface area contributed by atoms with Gasteiger partial charge in [0.2, 0.25) is 0 Å². The fourth-order valence-electron chi connectivity index (χ4n) is 4.72. The Hall–Kier alpha value is -2.81. The van der Waals surface area contributed by atoms with Crippen LogP contribution in [0.2, 0.25) is 0 Å². The standard InChI is InChI=1S/C22H27FN4O4/c1-14-11-20-19(12-17(14)23)26(7-10-31-20)21-16-13-25(22(28)29-2)6-3-18(16)27(24-21)15-4-8-30-9-5-15/h11-12,15H,3-10,13H2,1-2H3. The number of carbonyl (C=O) groups is 1. The molecule has 0 spiro atoms. The summed E-state index contributed by atoms with van der Waals surface area (Å²) >= 11 is 0. The number of nitrogens with zero attached hydrogens (tertiary/aromatic N) is 4. The van der Waals surface area contributed by atoms with Crippen molar-refractivity contribution in [1.29, 1.82) is 0 Å². The summed E-state index contributed by atoms with van der Waals surface area (Å²) in [4.78, 5) is 15.9. The van der Waals surface area contributed by atoms with E-state index in [9.17, 15) is 9.18 Å².